The van der Waals surface area contributed by atoms with Gasteiger partial charge in [0.15, 0.2) is 5.78 Å². The van der Waals surface area contributed by atoms with Crippen LogP contribution in [-0.4, -0.2) is 61.1 Å². The van der Waals surface area contributed by atoms with Crippen LogP contribution in [0.25, 0.3) is 10.9 Å². The average molecular weight is 455 g/mol. The number of carbonyl (C=O) groups excluding carboxylic acids is 1. The van der Waals surface area contributed by atoms with Crippen LogP contribution in [0.5, 0.6) is 0 Å². The van der Waals surface area contributed by atoms with Crippen molar-refractivity contribution in [2.24, 2.45) is 0 Å². The molecule has 0 radical (unpaired) electrons. The molecule has 174 valence electrons. The van der Waals surface area contributed by atoms with Crippen molar-refractivity contribution < 1.29 is 9.53 Å². The Hall–Kier alpha value is -3.27. The third kappa shape index (κ3) is 3.08. The van der Waals surface area contributed by atoms with Gasteiger partial charge in [-0.3, -0.25) is 9.69 Å². The number of H-pyrrole nitrogens is 1. The van der Waals surface area contributed by atoms with Crippen LogP contribution >= 0.6 is 0 Å². The molecule has 2 aliphatic heterocycles. The summed E-state index contributed by atoms with van der Waals surface area (Å²) in [6.45, 7) is 11.8. The molecule has 0 unspecified atom stereocenters. The van der Waals surface area contributed by atoms with E-state index in [-0.39, 0.29) is 11.2 Å². The Kier molecular flexibility index (Phi) is 4.77. The van der Waals surface area contributed by atoms with Gasteiger partial charge in [0.25, 0.3) is 0 Å². The molecule has 3 aliphatic rings. The summed E-state index contributed by atoms with van der Waals surface area (Å²) < 4.78 is 5.39. The molecule has 6 heteroatoms. The summed E-state index contributed by atoms with van der Waals surface area (Å²) in [5.74, 6) is 6.41. The molecule has 2 saturated heterocycles. The van der Waals surface area contributed by atoms with Gasteiger partial charge >= 0.3 is 0 Å². The van der Waals surface area contributed by atoms with Crippen molar-refractivity contribution >= 4 is 28.1 Å². The van der Waals surface area contributed by atoms with Crippen molar-refractivity contribution in [3.8, 4) is 11.8 Å². The first-order valence-electron chi connectivity index (χ1n) is 12.0. The number of aromatic amines is 1. The Labute approximate surface area is 200 Å². The molecule has 1 aliphatic carbocycles. The molecule has 0 saturated carbocycles. The topological polar surface area (TPSA) is 74.6 Å². The van der Waals surface area contributed by atoms with E-state index in [4.69, 9.17) is 10.5 Å². The second-order valence-corrected chi connectivity index (χ2v) is 10.1. The number of ketones is 1. The summed E-state index contributed by atoms with van der Waals surface area (Å²) >= 11 is 0. The van der Waals surface area contributed by atoms with Gasteiger partial charge in [0, 0.05) is 65.0 Å². The summed E-state index contributed by atoms with van der Waals surface area (Å²) in [5.41, 5.74) is 12.8. The minimum absolute atomic E-state index is 0.0563. The van der Waals surface area contributed by atoms with Crippen LogP contribution in [-0.2, 0) is 10.2 Å². The summed E-state index contributed by atoms with van der Waals surface area (Å²) in [5, 5.41) is 0.927. The van der Waals surface area contributed by atoms with E-state index in [1.54, 1.807) is 0 Å². The van der Waals surface area contributed by atoms with Gasteiger partial charge in [0.2, 0.25) is 0 Å². The first-order valence-corrected chi connectivity index (χ1v) is 12.0. The number of nitrogens with zero attached hydrogens (tertiary/aromatic N) is 2. The molecule has 3 aromatic rings. The fourth-order valence-electron chi connectivity index (χ4n) is 5.74. The van der Waals surface area contributed by atoms with Crippen molar-refractivity contribution in [1.29, 1.82) is 0 Å². The van der Waals surface area contributed by atoms with E-state index >= 15 is 0 Å². The zero-order valence-electron chi connectivity index (χ0n) is 20.0. The van der Waals surface area contributed by atoms with E-state index in [0.29, 0.717) is 11.7 Å². The third-order valence-corrected chi connectivity index (χ3v) is 7.78. The van der Waals surface area contributed by atoms with Gasteiger partial charge < -0.3 is 20.4 Å². The van der Waals surface area contributed by atoms with E-state index < -0.39 is 0 Å². The highest BCUT2D eigenvalue weighted by Gasteiger charge is 2.41. The second kappa shape index (κ2) is 7.63. The average Bonchev–Trinajstić information content (AvgIpc) is 3.17. The number of nitrogen functional groups attached to an aromatic ring is 1. The number of nitrogens with two attached hydrogens (primary N) is 1. The molecule has 6 rings (SSSR count). The lowest BCUT2D eigenvalue weighted by molar-refractivity contribution is -0.0660. The van der Waals surface area contributed by atoms with E-state index in [1.165, 1.54) is 0 Å². The molecule has 3 N–H and O–H groups in total. The quantitative estimate of drug-likeness (QED) is 0.458. The van der Waals surface area contributed by atoms with Crippen LogP contribution < -0.4 is 10.6 Å². The number of piperazine rings is 1. The van der Waals surface area contributed by atoms with Gasteiger partial charge in [-0.05, 0) is 36.8 Å². The molecular weight excluding hydrogens is 424 g/mol. The Morgan fingerprint density at radius 3 is 2.56 bits per heavy atom. The summed E-state index contributed by atoms with van der Waals surface area (Å²) in [6, 6.07) is 10.5. The van der Waals surface area contributed by atoms with Crippen LogP contribution in [0.2, 0.25) is 0 Å². The van der Waals surface area contributed by atoms with Crippen LogP contribution in [0, 0.1) is 11.8 Å². The van der Waals surface area contributed by atoms with E-state index in [1.807, 2.05) is 31.2 Å². The van der Waals surface area contributed by atoms with Gasteiger partial charge in [0.1, 0.15) is 0 Å². The minimum Gasteiger partial charge on any atom is -0.399 e. The fourth-order valence-corrected chi connectivity index (χ4v) is 5.74. The van der Waals surface area contributed by atoms with E-state index in [9.17, 15) is 4.79 Å². The van der Waals surface area contributed by atoms with E-state index in [0.717, 1.165) is 83.9 Å². The molecule has 2 fully saturated rings. The maximum absolute atomic E-state index is 13.8. The summed E-state index contributed by atoms with van der Waals surface area (Å²) in [6.07, 6.45) is 0. The molecule has 3 heterocycles. The minimum atomic E-state index is -0.357. The van der Waals surface area contributed by atoms with E-state index in [2.05, 4.69) is 46.5 Å². The van der Waals surface area contributed by atoms with Crippen LogP contribution in [0.15, 0.2) is 30.3 Å². The van der Waals surface area contributed by atoms with Crippen molar-refractivity contribution in [3.63, 3.8) is 0 Å². The molecule has 6 nitrogen and oxygen atoms in total. The lowest BCUT2D eigenvalue weighted by Gasteiger charge is -2.43. The molecular formula is C28H30N4O2. The molecule has 34 heavy (non-hydrogen) atoms. The molecule has 0 amide bonds. The number of fused-ring (bicyclic) bond motifs is 4. The highest BCUT2D eigenvalue weighted by atomic mass is 16.5. The van der Waals surface area contributed by atoms with Gasteiger partial charge in [0.05, 0.1) is 30.5 Å². The number of benzene rings is 2. The molecule has 2 aromatic carbocycles. The standard InChI is InChI=1S/C28H30N4O2/c1-4-5-17-12-21-22(14-24(17)32-10-8-31(9-11-32)19-15-34-16-19)28(2,3)27-25(26(21)33)20-7-6-18(29)13-23(20)30-27/h6-7,12-14,19,30H,8-11,15-16,29H2,1-3H3. The van der Waals surface area contributed by atoms with Crippen molar-refractivity contribution in [3.05, 3.63) is 58.3 Å². The second-order valence-electron chi connectivity index (χ2n) is 10.1. The lowest BCUT2D eigenvalue weighted by atomic mass is 9.70. The van der Waals surface area contributed by atoms with Crippen molar-refractivity contribution in [2.45, 2.75) is 32.2 Å². The highest BCUT2D eigenvalue weighted by molar-refractivity contribution is 6.20. The number of nitrogens with one attached hydrogen (secondary N) is 1. The number of carbonyl (C=O) groups is 1. The summed E-state index contributed by atoms with van der Waals surface area (Å²) in [4.78, 5) is 22.3. The predicted molar refractivity (Wildman–Crippen MR) is 136 cm³/mol. The maximum Gasteiger partial charge on any atom is 0.195 e. The largest absolute Gasteiger partial charge is 0.399 e. The fraction of sp³-hybridized carbons (Fsp3) is 0.393. The third-order valence-electron chi connectivity index (χ3n) is 7.78. The predicted octanol–water partition coefficient (Wildman–Crippen LogP) is 3.51. The first kappa shape index (κ1) is 21.3. The smallest absolute Gasteiger partial charge is 0.195 e. The van der Waals surface area contributed by atoms with Gasteiger partial charge in [-0.2, -0.15) is 0 Å². The van der Waals surface area contributed by atoms with Crippen molar-refractivity contribution in [2.75, 3.05) is 50.0 Å². The maximum atomic E-state index is 13.8. The Balaban J connectivity index is 1.45. The Morgan fingerprint density at radius 2 is 1.88 bits per heavy atom. The zero-order valence-corrected chi connectivity index (χ0v) is 20.0. The number of aromatic nitrogens is 1. The normalized spacial score (nSPS) is 19.9. The van der Waals surface area contributed by atoms with Crippen LogP contribution in [0.4, 0.5) is 11.4 Å². The van der Waals surface area contributed by atoms with Crippen molar-refractivity contribution in [1.82, 2.24) is 9.88 Å². The number of hydrogen-bond donors (Lipinski definition) is 2. The Bertz CT molecular complexity index is 1380. The SMILES string of the molecule is CC#Cc1cc2c(cc1N1CCN(C3COC3)CC1)C(C)(C)c1[nH]c3cc(N)ccc3c1C2=O. The number of ether oxygens (including phenoxy) is 1. The number of hydrogen-bond acceptors (Lipinski definition) is 5. The van der Waals surface area contributed by atoms with Gasteiger partial charge in [-0.15, -0.1) is 5.92 Å². The lowest BCUT2D eigenvalue weighted by Crippen LogP contribution is -2.56. The zero-order chi connectivity index (χ0) is 23.6. The van der Waals surface area contributed by atoms with Gasteiger partial charge in [-0.25, -0.2) is 0 Å². The Morgan fingerprint density at radius 1 is 1.12 bits per heavy atom. The summed E-state index contributed by atoms with van der Waals surface area (Å²) in [7, 11) is 0. The number of anilines is 2. The molecule has 1 aromatic heterocycles. The first-order chi connectivity index (χ1) is 16.4. The molecule has 0 spiro atoms. The number of rotatable bonds is 2. The molecule has 0 atom stereocenters. The van der Waals surface area contributed by atoms with Crippen LogP contribution in [0.1, 0.15) is 53.5 Å². The van der Waals surface area contributed by atoms with Gasteiger partial charge in [-0.1, -0.05) is 25.8 Å². The monoisotopic (exact) mass is 454 g/mol. The van der Waals surface area contributed by atoms with Crippen LogP contribution in [0.3, 0.4) is 0 Å². The molecule has 0 bridgehead atoms. The highest BCUT2D eigenvalue weighted by Crippen LogP contribution is 2.45.